The monoisotopic (exact) mass is 221 g/mol. The van der Waals surface area contributed by atoms with Crippen molar-refractivity contribution >= 4 is 5.69 Å². The molecular weight excluding hydrogens is 210 g/mol. The van der Waals surface area contributed by atoms with Gasteiger partial charge in [0.1, 0.15) is 5.69 Å². The lowest BCUT2D eigenvalue weighted by Crippen LogP contribution is -2.10. The van der Waals surface area contributed by atoms with E-state index < -0.39 is 40.4 Å². The Bertz CT molecular complexity index is 360. The number of nitrogens with two attached hydrogens (primary N) is 1. The maximum Gasteiger partial charge on any atom is 0.185 e. The third-order valence-corrected chi connectivity index (χ3v) is 2.44. The number of benzene rings is 1. The van der Waals surface area contributed by atoms with E-state index >= 15 is 0 Å². The number of hydrogen-bond acceptors (Lipinski definition) is 1. The van der Waals surface area contributed by atoms with E-state index in [4.69, 9.17) is 5.73 Å². The van der Waals surface area contributed by atoms with Crippen LogP contribution in [0.25, 0.3) is 0 Å². The van der Waals surface area contributed by atoms with Crippen molar-refractivity contribution < 1.29 is 17.6 Å². The molecule has 1 atom stereocenters. The Kier molecular flexibility index (Phi) is 3.21. The van der Waals surface area contributed by atoms with Gasteiger partial charge in [0, 0.05) is 5.56 Å². The van der Waals surface area contributed by atoms with Gasteiger partial charge >= 0.3 is 0 Å². The van der Waals surface area contributed by atoms with Crippen LogP contribution >= 0.6 is 0 Å². The molecule has 1 aromatic rings. The average Bonchev–Trinajstić information content (AvgIpc) is 2.23. The second kappa shape index (κ2) is 4.08. The first-order chi connectivity index (χ1) is 6.91. The topological polar surface area (TPSA) is 26.0 Å². The molecule has 0 saturated heterocycles. The van der Waals surface area contributed by atoms with Gasteiger partial charge in [-0.05, 0) is 12.3 Å². The molecule has 0 aliphatic carbocycles. The van der Waals surface area contributed by atoms with Crippen LogP contribution in [0.15, 0.2) is 0 Å². The van der Waals surface area contributed by atoms with Crippen LogP contribution in [0.2, 0.25) is 0 Å². The minimum atomic E-state index is -1.52. The van der Waals surface area contributed by atoms with Crippen LogP contribution in [0.5, 0.6) is 0 Å². The van der Waals surface area contributed by atoms with E-state index in [1.807, 2.05) is 0 Å². The largest absolute Gasteiger partial charge is 0.394 e. The predicted octanol–water partition coefficient (Wildman–Crippen LogP) is 3.34. The summed E-state index contributed by atoms with van der Waals surface area (Å²) in [5, 5.41) is 0. The highest BCUT2D eigenvalue weighted by Crippen LogP contribution is 2.31. The number of hydrogen-bond donors (Lipinski definition) is 1. The van der Waals surface area contributed by atoms with E-state index in [1.54, 1.807) is 6.92 Å². The van der Waals surface area contributed by atoms with Gasteiger partial charge in [0.2, 0.25) is 0 Å². The van der Waals surface area contributed by atoms with E-state index in [2.05, 4.69) is 0 Å². The molecule has 1 nitrogen and oxygen atoms in total. The molecule has 0 aromatic heterocycles. The summed E-state index contributed by atoms with van der Waals surface area (Å²) in [6.07, 6.45) is 0.372. The molecular formula is C10H11F4N. The van der Waals surface area contributed by atoms with Crippen molar-refractivity contribution in [3.63, 3.8) is 0 Å². The number of nitrogen functional groups attached to an aromatic ring is 1. The fourth-order valence-electron chi connectivity index (χ4n) is 1.30. The Balaban J connectivity index is 3.52. The summed E-state index contributed by atoms with van der Waals surface area (Å²) in [5.74, 6) is -6.45. The Morgan fingerprint density at radius 2 is 1.40 bits per heavy atom. The molecule has 0 bridgehead atoms. The lowest BCUT2D eigenvalue weighted by Gasteiger charge is -2.13. The molecule has 1 aromatic carbocycles. The molecule has 0 radical (unpaired) electrons. The maximum absolute atomic E-state index is 13.3. The van der Waals surface area contributed by atoms with E-state index in [1.165, 1.54) is 6.92 Å². The lowest BCUT2D eigenvalue weighted by molar-refractivity contribution is 0.432. The molecule has 2 N–H and O–H groups in total. The van der Waals surface area contributed by atoms with Crippen LogP contribution < -0.4 is 5.73 Å². The van der Waals surface area contributed by atoms with Crippen LogP contribution in [0.4, 0.5) is 23.2 Å². The van der Waals surface area contributed by atoms with E-state index in [0.717, 1.165) is 0 Å². The van der Waals surface area contributed by atoms with Gasteiger partial charge in [0.15, 0.2) is 23.3 Å². The molecule has 5 heteroatoms. The third kappa shape index (κ3) is 1.78. The Labute approximate surface area is 84.9 Å². The maximum atomic E-state index is 13.3. The van der Waals surface area contributed by atoms with Gasteiger partial charge in [-0.3, -0.25) is 0 Å². The minimum Gasteiger partial charge on any atom is -0.394 e. The molecule has 0 heterocycles. The van der Waals surface area contributed by atoms with Crippen LogP contribution in [0, 0.1) is 23.3 Å². The number of halogens is 4. The molecule has 0 aliphatic heterocycles. The summed E-state index contributed by atoms with van der Waals surface area (Å²) in [5.41, 5.74) is 3.17. The Hall–Kier alpha value is -1.26. The normalized spacial score (nSPS) is 12.9. The van der Waals surface area contributed by atoms with Crippen LogP contribution in [0.1, 0.15) is 31.7 Å². The lowest BCUT2D eigenvalue weighted by atomic mass is 9.96. The predicted molar refractivity (Wildman–Crippen MR) is 49.4 cm³/mol. The van der Waals surface area contributed by atoms with Gasteiger partial charge in [-0.1, -0.05) is 13.8 Å². The summed E-state index contributed by atoms with van der Waals surface area (Å²) in [7, 11) is 0. The highest BCUT2D eigenvalue weighted by atomic mass is 19.2. The molecule has 1 rings (SSSR count). The average molecular weight is 221 g/mol. The second-order valence-electron chi connectivity index (χ2n) is 3.39. The quantitative estimate of drug-likeness (QED) is 0.462. The first kappa shape index (κ1) is 11.8. The molecule has 0 amide bonds. The van der Waals surface area contributed by atoms with Gasteiger partial charge in [-0.25, -0.2) is 17.6 Å². The number of anilines is 1. The molecule has 0 aliphatic rings. The molecule has 84 valence electrons. The summed E-state index contributed by atoms with van der Waals surface area (Å²) < 4.78 is 52.6. The summed E-state index contributed by atoms with van der Waals surface area (Å²) >= 11 is 0. The zero-order chi connectivity index (χ0) is 11.7. The molecule has 0 spiro atoms. The second-order valence-corrected chi connectivity index (χ2v) is 3.39. The van der Waals surface area contributed by atoms with Crippen LogP contribution in [0.3, 0.4) is 0 Å². The SMILES string of the molecule is CCC(C)c1c(F)c(F)c(N)c(F)c1F. The minimum absolute atomic E-state index is 0.372. The van der Waals surface area contributed by atoms with Gasteiger partial charge < -0.3 is 5.73 Å². The first-order valence-corrected chi connectivity index (χ1v) is 4.53. The zero-order valence-corrected chi connectivity index (χ0v) is 8.37. The van der Waals surface area contributed by atoms with Crippen molar-refractivity contribution in [2.75, 3.05) is 5.73 Å². The van der Waals surface area contributed by atoms with E-state index in [9.17, 15) is 17.6 Å². The summed E-state index contributed by atoms with van der Waals surface area (Å²) in [4.78, 5) is 0. The standard InChI is InChI=1S/C10H11F4N/c1-3-4(2)5-6(11)8(13)10(15)9(14)7(5)12/h4H,3,15H2,1-2H3. The van der Waals surface area contributed by atoms with E-state index in [0.29, 0.717) is 6.42 Å². The zero-order valence-electron chi connectivity index (χ0n) is 8.37. The molecule has 1 unspecified atom stereocenters. The summed E-state index contributed by atoms with van der Waals surface area (Å²) in [6, 6.07) is 0. The van der Waals surface area contributed by atoms with Crippen molar-refractivity contribution in [2.45, 2.75) is 26.2 Å². The van der Waals surface area contributed by atoms with Crippen molar-refractivity contribution in [3.05, 3.63) is 28.8 Å². The van der Waals surface area contributed by atoms with Gasteiger partial charge in [0.05, 0.1) is 0 Å². The van der Waals surface area contributed by atoms with Crippen LogP contribution in [-0.4, -0.2) is 0 Å². The molecule has 0 saturated carbocycles. The van der Waals surface area contributed by atoms with Crippen molar-refractivity contribution in [1.29, 1.82) is 0 Å². The third-order valence-electron chi connectivity index (χ3n) is 2.44. The molecule has 15 heavy (non-hydrogen) atoms. The van der Waals surface area contributed by atoms with Crippen molar-refractivity contribution in [2.24, 2.45) is 0 Å². The van der Waals surface area contributed by atoms with Gasteiger partial charge in [-0.15, -0.1) is 0 Å². The van der Waals surface area contributed by atoms with E-state index in [-0.39, 0.29) is 0 Å². The fourth-order valence-corrected chi connectivity index (χ4v) is 1.30. The smallest absolute Gasteiger partial charge is 0.185 e. The van der Waals surface area contributed by atoms with Gasteiger partial charge in [0.25, 0.3) is 0 Å². The van der Waals surface area contributed by atoms with Crippen LogP contribution in [-0.2, 0) is 0 Å². The van der Waals surface area contributed by atoms with Crippen molar-refractivity contribution in [3.8, 4) is 0 Å². The highest BCUT2D eigenvalue weighted by Gasteiger charge is 2.26. The molecule has 0 fully saturated rings. The highest BCUT2D eigenvalue weighted by molar-refractivity contribution is 5.46. The summed E-state index contributed by atoms with van der Waals surface area (Å²) in [6.45, 7) is 3.15. The Morgan fingerprint density at radius 1 is 1.00 bits per heavy atom. The fraction of sp³-hybridized carbons (Fsp3) is 0.400. The van der Waals surface area contributed by atoms with Gasteiger partial charge in [-0.2, -0.15) is 0 Å². The van der Waals surface area contributed by atoms with Crippen molar-refractivity contribution in [1.82, 2.24) is 0 Å². The Morgan fingerprint density at radius 3 is 1.73 bits per heavy atom. The number of rotatable bonds is 2. The first-order valence-electron chi connectivity index (χ1n) is 4.53.